The molecule has 0 spiro atoms. The normalized spacial score (nSPS) is 25.0. The second-order valence-electron chi connectivity index (χ2n) is 6.45. The second-order valence-corrected chi connectivity index (χ2v) is 6.45. The van der Waals surface area contributed by atoms with Crippen molar-refractivity contribution in [2.45, 2.75) is 39.3 Å². The number of carbonyl (C=O) groups excluding carboxylic acids is 1. The smallest absolute Gasteiger partial charge is 0.227 e. The fraction of sp³-hybridized carbons (Fsp3) is 0.706. The van der Waals surface area contributed by atoms with Gasteiger partial charge in [-0.1, -0.05) is 6.92 Å². The number of morpholine rings is 1. The van der Waals surface area contributed by atoms with Gasteiger partial charge in [-0.3, -0.25) is 4.79 Å². The van der Waals surface area contributed by atoms with Crippen molar-refractivity contribution < 1.29 is 9.53 Å². The molecular formula is C17H27N5O2. The minimum absolute atomic E-state index is 0.176. The van der Waals surface area contributed by atoms with E-state index in [2.05, 4.69) is 28.6 Å². The summed E-state index contributed by atoms with van der Waals surface area (Å²) in [5, 5.41) is 0. The molecule has 0 bridgehead atoms. The first-order chi connectivity index (χ1) is 11.6. The Balaban J connectivity index is 1.69. The van der Waals surface area contributed by atoms with E-state index in [1.165, 1.54) is 0 Å². The predicted octanol–water partition coefficient (Wildman–Crippen LogP) is 1.15. The summed E-state index contributed by atoms with van der Waals surface area (Å²) < 4.78 is 5.69. The third kappa shape index (κ3) is 3.45. The minimum Gasteiger partial charge on any atom is -0.375 e. The van der Waals surface area contributed by atoms with Gasteiger partial charge in [0.2, 0.25) is 11.9 Å². The van der Waals surface area contributed by atoms with E-state index in [9.17, 15) is 4.79 Å². The van der Waals surface area contributed by atoms with Crippen molar-refractivity contribution in [2.75, 3.05) is 49.1 Å². The van der Waals surface area contributed by atoms with Gasteiger partial charge in [0.25, 0.3) is 0 Å². The van der Waals surface area contributed by atoms with Gasteiger partial charge in [0, 0.05) is 45.3 Å². The summed E-state index contributed by atoms with van der Waals surface area (Å²) in [6.45, 7) is 10.8. The van der Waals surface area contributed by atoms with E-state index in [-0.39, 0.29) is 18.1 Å². The number of amides is 1. The Morgan fingerprint density at radius 1 is 1.25 bits per heavy atom. The number of ether oxygens (including phenoxy) is 1. The molecule has 0 saturated carbocycles. The van der Waals surface area contributed by atoms with E-state index in [1.807, 2.05) is 24.1 Å². The number of rotatable bonds is 3. The molecule has 2 atom stereocenters. The van der Waals surface area contributed by atoms with Gasteiger partial charge < -0.3 is 19.4 Å². The summed E-state index contributed by atoms with van der Waals surface area (Å²) in [4.78, 5) is 27.4. The zero-order valence-corrected chi connectivity index (χ0v) is 14.8. The van der Waals surface area contributed by atoms with Crippen LogP contribution in [0, 0.1) is 0 Å². The molecule has 0 aromatic carbocycles. The molecule has 0 N–H and O–H groups in total. The largest absolute Gasteiger partial charge is 0.375 e. The van der Waals surface area contributed by atoms with Crippen LogP contribution in [-0.4, -0.2) is 72.3 Å². The SMILES string of the molecule is CCC(=O)N1CCN(c2ccnc(N3CCO[C@@H](C)[C@H]3C)n2)CC1. The first-order valence-corrected chi connectivity index (χ1v) is 8.84. The van der Waals surface area contributed by atoms with Gasteiger partial charge in [0.15, 0.2) is 0 Å². The van der Waals surface area contributed by atoms with Crippen molar-refractivity contribution in [1.29, 1.82) is 0 Å². The van der Waals surface area contributed by atoms with Crippen molar-refractivity contribution in [2.24, 2.45) is 0 Å². The van der Waals surface area contributed by atoms with Gasteiger partial charge >= 0.3 is 0 Å². The number of hydrogen-bond donors (Lipinski definition) is 0. The van der Waals surface area contributed by atoms with Crippen LogP contribution in [0.2, 0.25) is 0 Å². The monoisotopic (exact) mass is 333 g/mol. The Kier molecular flexibility index (Phi) is 5.18. The van der Waals surface area contributed by atoms with Crippen molar-refractivity contribution in [3.05, 3.63) is 12.3 Å². The molecule has 2 saturated heterocycles. The highest BCUT2D eigenvalue weighted by atomic mass is 16.5. The Hall–Kier alpha value is -1.89. The number of anilines is 2. The second kappa shape index (κ2) is 7.34. The molecule has 2 aliphatic rings. The molecule has 1 aromatic heterocycles. The van der Waals surface area contributed by atoms with Gasteiger partial charge in [-0.25, -0.2) is 4.98 Å². The summed E-state index contributed by atoms with van der Waals surface area (Å²) in [6, 6.07) is 2.21. The zero-order valence-electron chi connectivity index (χ0n) is 14.8. The molecule has 7 nitrogen and oxygen atoms in total. The average molecular weight is 333 g/mol. The standard InChI is InChI=1S/C17H27N5O2/c1-4-16(23)21-9-7-20(8-10-21)15-5-6-18-17(19-15)22-11-12-24-14(3)13(22)2/h5-6,13-14H,4,7-12H2,1-3H3/t13-,14+/m1/s1. The molecular weight excluding hydrogens is 306 g/mol. The van der Waals surface area contributed by atoms with Crippen LogP contribution >= 0.6 is 0 Å². The number of piperazine rings is 1. The number of hydrogen-bond acceptors (Lipinski definition) is 6. The molecule has 1 amide bonds. The highest BCUT2D eigenvalue weighted by Gasteiger charge is 2.28. The number of carbonyl (C=O) groups is 1. The van der Waals surface area contributed by atoms with Crippen LogP contribution in [0.3, 0.4) is 0 Å². The van der Waals surface area contributed by atoms with Gasteiger partial charge in [0.1, 0.15) is 5.82 Å². The maximum absolute atomic E-state index is 11.8. The van der Waals surface area contributed by atoms with Crippen LogP contribution < -0.4 is 9.80 Å². The molecule has 0 unspecified atom stereocenters. The summed E-state index contributed by atoms with van der Waals surface area (Å²) in [5.74, 6) is 1.94. The lowest BCUT2D eigenvalue weighted by atomic mass is 10.1. The third-order valence-corrected chi connectivity index (χ3v) is 5.03. The molecule has 3 rings (SSSR count). The van der Waals surface area contributed by atoms with Crippen LogP contribution in [0.5, 0.6) is 0 Å². The Morgan fingerprint density at radius 2 is 2.00 bits per heavy atom. The molecule has 2 aliphatic heterocycles. The average Bonchev–Trinajstić information content (AvgIpc) is 2.63. The Labute approximate surface area is 143 Å². The maximum Gasteiger partial charge on any atom is 0.227 e. The van der Waals surface area contributed by atoms with Crippen LogP contribution in [0.15, 0.2) is 12.3 Å². The molecule has 24 heavy (non-hydrogen) atoms. The summed E-state index contributed by atoms with van der Waals surface area (Å²) in [7, 11) is 0. The van der Waals surface area contributed by atoms with Gasteiger partial charge in [-0.15, -0.1) is 0 Å². The lowest BCUT2D eigenvalue weighted by Crippen LogP contribution is -2.50. The van der Waals surface area contributed by atoms with E-state index < -0.39 is 0 Å². The molecule has 7 heteroatoms. The van der Waals surface area contributed by atoms with E-state index in [0.29, 0.717) is 13.0 Å². The van der Waals surface area contributed by atoms with E-state index in [4.69, 9.17) is 9.72 Å². The van der Waals surface area contributed by atoms with Crippen molar-refractivity contribution in [1.82, 2.24) is 14.9 Å². The molecule has 2 fully saturated rings. The highest BCUT2D eigenvalue weighted by Crippen LogP contribution is 2.22. The first-order valence-electron chi connectivity index (χ1n) is 8.84. The quantitative estimate of drug-likeness (QED) is 0.827. The Bertz CT molecular complexity index is 574. The number of nitrogens with zero attached hydrogens (tertiary/aromatic N) is 5. The molecule has 0 radical (unpaired) electrons. The molecule has 1 aromatic rings. The Morgan fingerprint density at radius 3 is 2.71 bits per heavy atom. The van der Waals surface area contributed by atoms with E-state index in [0.717, 1.165) is 44.5 Å². The molecule has 132 valence electrons. The van der Waals surface area contributed by atoms with E-state index in [1.54, 1.807) is 0 Å². The predicted molar refractivity (Wildman–Crippen MR) is 93.3 cm³/mol. The summed E-state index contributed by atoms with van der Waals surface area (Å²) in [5.41, 5.74) is 0. The fourth-order valence-corrected chi connectivity index (χ4v) is 3.28. The van der Waals surface area contributed by atoms with Crippen molar-refractivity contribution in [3.8, 4) is 0 Å². The van der Waals surface area contributed by atoms with Crippen molar-refractivity contribution in [3.63, 3.8) is 0 Å². The fourth-order valence-electron chi connectivity index (χ4n) is 3.28. The van der Waals surface area contributed by atoms with E-state index >= 15 is 0 Å². The van der Waals surface area contributed by atoms with Crippen LogP contribution in [0.1, 0.15) is 27.2 Å². The van der Waals surface area contributed by atoms with Crippen LogP contribution in [0.4, 0.5) is 11.8 Å². The van der Waals surface area contributed by atoms with Gasteiger partial charge in [-0.05, 0) is 19.9 Å². The third-order valence-electron chi connectivity index (χ3n) is 5.03. The van der Waals surface area contributed by atoms with Crippen LogP contribution in [-0.2, 0) is 9.53 Å². The summed E-state index contributed by atoms with van der Waals surface area (Å²) >= 11 is 0. The topological polar surface area (TPSA) is 61.8 Å². The number of aromatic nitrogens is 2. The van der Waals surface area contributed by atoms with Crippen molar-refractivity contribution >= 4 is 17.7 Å². The summed E-state index contributed by atoms with van der Waals surface area (Å²) in [6.07, 6.45) is 2.58. The molecule has 3 heterocycles. The molecule has 0 aliphatic carbocycles. The lowest BCUT2D eigenvalue weighted by molar-refractivity contribution is -0.131. The van der Waals surface area contributed by atoms with Gasteiger partial charge in [-0.2, -0.15) is 4.98 Å². The minimum atomic E-state index is 0.176. The van der Waals surface area contributed by atoms with Crippen LogP contribution in [0.25, 0.3) is 0 Å². The zero-order chi connectivity index (χ0) is 17.1. The maximum atomic E-state index is 11.8. The first kappa shape index (κ1) is 17.0. The van der Waals surface area contributed by atoms with Gasteiger partial charge in [0.05, 0.1) is 18.8 Å². The lowest BCUT2D eigenvalue weighted by Gasteiger charge is -2.39. The highest BCUT2D eigenvalue weighted by molar-refractivity contribution is 5.76.